The van der Waals surface area contributed by atoms with Gasteiger partial charge in [0.2, 0.25) is 5.91 Å². The van der Waals surface area contributed by atoms with Crippen LogP contribution in [0.15, 0.2) is 24.5 Å². The molecular weight excluding hydrogens is 228 g/mol. The number of aliphatic hydroxyl groups excluding tert-OH is 1. The maximum atomic E-state index is 11.6. The standard InChI is InChI=1S/C14H22N2O2/c1-14(2,11-17)6-4-8-16-13(18)9-12-5-3-7-15-10-12/h3,5,7,10,17H,4,6,8-9,11H2,1-2H3,(H,16,18). The van der Waals surface area contributed by atoms with Crippen LogP contribution in [-0.2, 0) is 11.2 Å². The molecule has 1 aromatic rings. The first-order chi connectivity index (χ1) is 8.53. The van der Waals surface area contributed by atoms with Crippen LogP contribution in [0.5, 0.6) is 0 Å². The van der Waals surface area contributed by atoms with Gasteiger partial charge in [-0.25, -0.2) is 0 Å². The molecule has 1 heterocycles. The average Bonchev–Trinajstić information content (AvgIpc) is 2.36. The molecule has 0 atom stereocenters. The number of carbonyl (C=O) groups is 1. The van der Waals surface area contributed by atoms with E-state index >= 15 is 0 Å². The maximum absolute atomic E-state index is 11.6. The number of nitrogens with one attached hydrogen (secondary N) is 1. The van der Waals surface area contributed by atoms with Crippen LogP contribution in [0.1, 0.15) is 32.3 Å². The van der Waals surface area contributed by atoms with Crippen molar-refractivity contribution in [3.63, 3.8) is 0 Å². The topological polar surface area (TPSA) is 62.2 Å². The molecule has 100 valence electrons. The molecule has 4 nitrogen and oxygen atoms in total. The number of aromatic nitrogens is 1. The first kappa shape index (κ1) is 14.6. The summed E-state index contributed by atoms with van der Waals surface area (Å²) >= 11 is 0. The molecule has 0 saturated carbocycles. The quantitative estimate of drug-likeness (QED) is 0.722. The number of aliphatic hydroxyl groups is 1. The van der Waals surface area contributed by atoms with Crippen LogP contribution >= 0.6 is 0 Å². The molecule has 0 fully saturated rings. The summed E-state index contributed by atoms with van der Waals surface area (Å²) in [5, 5.41) is 12.0. The molecule has 0 spiro atoms. The van der Waals surface area contributed by atoms with Crippen molar-refractivity contribution >= 4 is 5.91 Å². The van der Waals surface area contributed by atoms with E-state index in [-0.39, 0.29) is 17.9 Å². The van der Waals surface area contributed by atoms with Crippen LogP contribution in [-0.4, -0.2) is 29.1 Å². The molecule has 1 amide bonds. The fourth-order valence-electron chi connectivity index (χ4n) is 1.62. The van der Waals surface area contributed by atoms with E-state index in [0.717, 1.165) is 18.4 Å². The van der Waals surface area contributed by atoms with Crippen LogP contribution in [0.4, 0.5) is 0 Å². The summed E-state index contributed by atoms with van der Waals surface area (Å²) in [6, 6.07) is 3.72. The number of pyridine rings is 1. The number of nitrogens with zero attached hydrogens (tertiary/aromatic N) is 1. The van der Waals surface area contributed by atoms with E-state index in [4.69, 9.17) is 5.11 Å². The van der Waals surface area contributed by atoms with Crippen molar-refractivity contribution in [1.82, 2.24) is 10.3 Å². The third-order valence-corrected chi connectivity index (χ3v) is 2.87. The van der Waals surface area contributed by atoms with Gasteiger partial charge in [-0.1, -0.05) is 19.9 Å². The van der Waals surface area contributed by atoms with Gasteiger partial charge in [-0.2, -0.15) is 0 Å². The normalized spacial score (nSPS) is 11.3. The van der Waals surface area contributed by atoms with Crippen molar-refractivity contribution in [2.45, 2.75) is 33.1 Å². The summed E-state index contributed by atoms with van der Waals surface area (Å²) in [6.45, 7) is 4.87. The Morgan fingerprint density at radius 1 is 1.50 bits per heavy atom. The second-order valence-corrected chi connectivity index (χ2v) is 5.31. The van der Waals surface area contributed by atoms with E-state index in [1.165, 1.54) is 0 Å². The fourth-order valence-corrected chi connectivity index (χ4v) is 1.62. The zero-order valence-electron chi connectivity index (χ0n) is 11.1. The van der Waals surface area contributed by atoms with Crippen molar-refractivity contribution in [3.8, 4) is 0 Å². The largest absolute Gasteiger partial charge is 0.396 e. The highest BCUT2D eigenvalue weighted by molar-refractivity contribution is 5.78. The van der Waals surface area contributed by atoms with Gasteiger partial charge in [-0.05, 0) is 29.9 Å². The maximum Gasteiger partial charge on any atom is 0.224 e. The lowest BCUT2D eigenvalue weighted by molar-refractivity contribution is -0.120. The Balaban J connectivity index is 2.18. The van der Waals surface area contributed by atoms with Gasteiger partial charge in [0.1, 0.15) is 0 Å². The van der Waals surface area contributed by atoms with Crippen molar-refractivity contribution in [1.29, 1.82) is 0 Å². The molecule has 2 N–H and O–H groups in total. The van der Waals surface area contributed by atoms with Gasteiger partial charge in [-0.3, -0.25) is 9.78 Å². The van der Waals surface area contributed by atoms with Gasteiger partial charge in [0, 0.05) is 25.5 Å². The molecule has 1 aromatic heterocycles. The highest BCUT2D eigenvalue weighted by atomic mass is 16.3. The zero-order chi connectivity index (χ0) is 13.4. The van der Waals surface area contributed by atoms with Crippen molar-refractivity contribution < 1.29 is 9.90 Å². The van der Waals surface area contributed by atoms with E-state index in [9.17, 15) is 4.79 Å². The second kappa shape index (κ2) is 7.11. The highest BCUT2D eigenvalue weighted by Gasteiger charge is 2.15. The summed E-state index contributed by atoms with van der Waals surface area (Å²) in [5.41, 5.74) is 0.861. The Morgan fingerprint density at radius 2 is 2.28 bits per heavy atom. The monoisotopic (exact) mass is 250 g/mol. The van der Waals surface area contributed by atoms with Gasteiger partial charge in [0.25, 0.3) is 0 Å². The Kier molecular flexibility index (Phi) is 5.78. The van der Waals surface area contributed by atoms with Crippen LogP contribution in [0.3, 0.4) is 0 Å². The van der Waals surface area contributed by atoms with E-state index in [0.29, 0.717) is 13.0 Å². The lowest BCUT2D eigenvalue weighted by atomic mass is 9.89. The first-order valence-electron chi connectivity index (χ1n) is 6.30. The minimum Gasteiger partial charge on any atom is -0.396 e. The van der Waals surface area contributed by atoms with E-state index < -0.39 is 0 Å². The molecule has 0 aliphatic rings. The van der Waals surface area contributed by atoms with Gasteiger partial charge in [-0.15, -0.1) is 0 Å². The number of carbonyl (C=O) groups excluding carboxylic acids is 1. The van der Waals surface area contributed by atoms with Gasteiger partial charge >= 0.3 is 0 Å². The average molecular weight is 250 g/mol. The predicted molar refractivity (Wildman–Crippen MR) is 71.1 cm³/mol. The third-order valence-electron chi connectivity index (χ3n) is 2.87. The molecule has 0 radical (unpaired) electrons. The number of amides is 1. The molecule has 0 aliphatic heterocycles. The number of rotatable bonds is 7. The molecular formula is C14H22N2O2. The summed E-state index contributed by atoms with van der Waals surface area (Å²) in [4.78, 5) is 15.6. The number of hydrogen-bond acceptors (Lipinski definition) is 3. The fraction of sp³-hybridized carbons (Fsp3) is 0.571. The summed E-state index contributed by atoms with van der Waals surface area (Å²) < 4.78 is 0. The van der Waals surface area contributed by atoms with Crippen molar-refractivity contribution in [2.24, 2.45) is 5.41 Å². The Hall–Kier alpha value is -1.42. The zero-order valence-corrected chi connectivity index (χ0v) is 11.1. The van der Waals surface area contributed by atoms with E-state index in [1.54, 1.807) is 12.4 Å². The Labute approximate surface area is 108 Å². The van der Waals surface area contributed by atoms with Crippen molar-refractivity contribution in [2.75, 3.05) is 13.2 Å². The summed E-state index contributed by atoms with van der Waals surface area (Å²) in [5.74, 6) is 0.0183. The Morgan fingerprint density at radius 3 is 2.89 bits per heavy atom. The predicted octanol–water partition coefficient (Wildman–Crippen LogP) is 1.54. The van der Waals surface area contributed by atoms with Crippen LogP contribution in [0.2, 0.25) is 0 Å². The summed E-state index contributed by atoms with van der Waals surface area (Å²) in [7, 11) is 0. The smallest absolute Gasteiger partial charge is 0.224 e. The van der Waals surface area contributed by atoms with Crippen molar-refractivity contribution in [3.05, 3.63) is 30.1 Å². The van der Waals surface area contributed by atoms with Crippen LogP contribution < -0.4 is 5.32 Å². The molecule has 0 unspecified atom stereocenters. The van der Waals surface area contributed by atoms with E-state index in [1.807, 2.05) is 26.0 Å². The second-order valence-electron chi connectivity index (χ2n) is 5.31. The lowest BCUT2D eigenvalue weighted by Crippen LogP contribution is -2.27. The molecule has 0 saturated heterocycles. The molecule has 0 aliphatic carbocycles. The minimum atomic E-state index is -0.0614. The molecule has 1 rings (SSSR count). The molecule has 18 heavy (non-hydrogen) atoms. The first-order valence-corrected chi connectivity index (χ1v) is 6.30. The van der Waals surface area contributed by atoms with E-state index in [2.05, 4.69) is 10.3 Å². The molecule has 4 heteroatoms. The van der Waals surface area contributed by atoms with Crippen LogP contribution in [0, 0.1) is 5.41 Å². The minimum absolute atomic E-state index is 0.0183. The van der Waals surface area contributed by atoms with Gasteiger partial charge in [0.15, 0.2) is 0 Å². The van der Waals surface area contributed by atoms with Crippen LogP contribution in [0.25, 0.3) is 0 Å². The highest BCUT2D eigenvalue weighted by Crippen LogP contribution is 2.20. The van der Waals surface area contributed by atoms with Gasteiger partial charge < -0.3 is 10.4 Å². The number of hydrogen-bond donors (Lipinski definition) is 2. The molecule has 0 bridgehead atoms. The summed E-state index contributed by atoms with van der Waals surface area (Å²) in [6.07, 6.45) is 5.55. The molecule has 0 aromatic carbocycles. The lowest BCUT2D eigenvalue weighted by Gasteiger charge is -2.21. The Bertz CT molecular complexity index is 363. The third kappa shape index (κ3) is 5.77. The SMILES string of the molecule is CC(C)(CO)CCCNC(=O)Cc1cccnc1. The van der Waals surface area contributed by atoms with Gasteiger partial charge in [0.05, 0.1) is 6.42 Å².